The van der Waals surface area contributed by atoms with Crippen LogP contribution in [0.1, 0.15) is 10.5 Å². The number of nitrogens with two attached hydrogens (primary N) is 1. The highest BCUT2D eigenvalue weighted by Crippen LogP contribution is 2.17. The second-order valence-electron chi connectivity index (χ2n) is 4.53. The van der Waals surface area contributed by atoms with Crippen molar-refractivity contribution >= 4 is 17.4 Å². The van der Waals surface area contributed by atoms with Crippen molar-refractivity contribution in [1.29, 1.82) is 0 Å². The van der Waals surface area contributed by atoms with Crippen molar-refractivity contribution in [3.8, 4) is 5.69 Å². The molecule has 0 atom stereocenters. The molecule has 22 heavy (non-hydrogen) atoms. The smallest absolute Gasteiger partial charge is 0.280 e. The molecule has 1 aromatic heterocycles. The topological polar surface area (TPSA) is 85.8 Å². The molecule has 0 aliphatic rings. The summed E-state index contributed by atoms with van der Waals surface area (Å²) in [5.74, 6) is -0.749. The molecule has 0 saturated carbocycles. The molecular weight excluding hydrogens is 285 g/mol. The molecule has 7 heteroatoms. The van der Waals surface area contributed by atoms with E-state index < -0.39 is 5.91 Å². The van der Waals surface area contributed by atoms with Gasteiger partial charge in [-0.25, -0.2) is 4.39 Å². The van der Waals surface area contributed by atoms with Gasteiger partial charge < -0.3 is 11.1 Å². The molecular formula is C15H12FN5O. The number of amides is 1. The molecule has 0 radical (unpaired) electrons. The largest absolute Gasteiger partial charge is 0.382 e. The Kier molecular flexibility index (Phi) is 3.53. The van der Waals surface area contributed by atoms with Gasteiger partial charge in [0.25, 0.3) is 5.91 Å². The van der Waals surface area contributed by atoms with Crippen LogP contribution in [0, 0.1) is 5.82 Å². The van der Waals surface area contributed by atoms with Gasteiger partial charge in [0.15, 0.2) is 11.5 Å². The average Bonchev–Trinajstić information content (AvgIpc) is 2.91. The minimum Gasteiger partial charge on any atom is -0.382 e. The van der Waals surface area contributed by atoms with Crippen LogP contribution in [0.5, 0.6) is 0 Å². The predicted molar refractivity (Wildman–Crippen MR) is 80.1 cm³/mol. The molecule has 0 aliphatic heterocycles. The van der Waals surface area contributed by atoms with Crippen molar-refractivity contribution in [1.82, 2.24) is 15.0 Å². The average molecular weight is 297 g/mol. The maximum atomic E-state index is 12.9. The second-order valence-corrected chi connectivity index (χ2v) is 4.53. The lowest BCUT2D eigenvalue weighted by molar-refractivity contribution is 0.102. The molecule has 0 bridgehead atoms. The highest BCUT2D eigenvalue weighted by atomic mass is 19.1. The first kappa shape index (κ1) is 13.7. The van der Waals surface area contributed by atoms with Crippen LogP contribution in [0.4, 0.5) is 15.9 Å². The fraction of sp³-hybridized carbons (Fsp3) is 0. The van der Waals surface area contributed by atoms with Crippen molar-refractivity contribution in [3.05, 3.63) is 66.1 Å². The van der Waals surface area contributed by atoms with Gasteiger partial charge in [-0.2, -0.15) is 4.68 Å². The SMILES string of the molecule is Nc1c(C(=O)Nc2ccccc2)nnn1-c1ccc(F)cc1. The van der Waals surface area contributed by atoms with Crippen LogP contribution >= 0.6 is 0 Å². The van der Waals surface area contributed by atoms with Gasteiger partial charge in [0.05, 0.1) is 5.69 Å². The van der Waals surface area contributed by atoms with Gasteiger partial charge in [-0.05, 0) is 36.4 Å². The number of hydrogen-bond acceptors (Lipinski definition) is 4. The first-order valence-electron chi connectivity index (χ1n) is 6.48. The number of carbonyl (C=O) groups excluding carboxylic acids is 1. The second kappa shape index (κ2) is 5.65. The molecule has 0 aliphatic carbocycles. The Labute approximate surface area is 125 Å². The van der Waals surface area contributed by atoms with Crippen molar-refractivity contribution in [2.24, 2.45) is 0 Å². The quantitative estimate of drug-likeness (QED) is 0.776. The molecule has 1 amide bonds. The normalized spacial score (nSPS) is 10.4. The Morgan fingerprint density at radius 1 is 1.09 bits per heavy atom. The maximum absolute atomic E-state index is 12.9. The molecule has 3 N–H and O–H groups in total. The Bertz CT molecular complexity index is 799. The molecule has 0 unspecified atom stereocenters. The van der Waals surface area contributed by atoms with Crippen molar-refractivity contribution in [2.45, 2.75) is 0 Å². The van der Waals surface area contributed by atoms with E-state index in [0.29, 0.717) is 11.4 Å². The fourth-order valence-corrected chi connectivity index (χ4v) is 1.94. The van der Waals surface area contributed by atoms with Gasteiger partial charge in [0, 0.05) is 5.69 Å². The highest BCUT2D eigenvalue weighted by molar-refractivity contribution is 6.05. The van der Waals surface area contributed by atoms with Gasteiger partial charge in [0.1, 0.15) is 5.82 Å². The van der Waals surface area contributed by atoms with Crippen molar-refractivity contribution < 1.29 is 9.18 Å². The fourth-order valence-electron chi connectivity index (χ4n) is 1.94. The third kappa shape index (κ3) is 2.64. The minimum atomic E-state index is -0.461. The number of nitrogens with zero attached hydrogens (tertiary/aromatic N) is 3. The van der Waals surface area contributed by atoms with Gasteiger partial charge in [-0.1, -0.05) is 23.4 Å². The van der Waals surface area contributed by atoms with E-state index in [1.165, 1.54) is 28.9 Å². The summed E-state index contributed by atoms with van der Waals surface area (Å²) in [6.45, 7) is 0. The van der Waals surface area contributed by atoms with Gasteiger partial charge in [0.2, 0.25) is 0 Å². The Morgan fingerprint density at radius 2 is 1.77 bits per heavy atom. The summed E-state index contributed by atoms with van der Waals surface area (Å²) in [7, 11) is 0. The number of benzene rings is 2. The van der Waals surface area contributed by atoms with E-state index in [1.54, 1.807) is 24.3 Å². The van der Waals surface area contributed by atoms with Crippen LogP contribution in [0.2, 0.25) is 0 Å². The standard InChI is InChI=1S/C15H12FN5O/c16-10-6-8-12(9-7-10)21-14(17)13(19-20-21)15(22)18-11-4-2-1-3-5-11/h1-9H,17H2,(H,18,22). The van der Waals surface area contributed by atoms with Gasteiger partial charge in [-0.15, -0.1) is 5.10 Å². The number of carbonyl (C=O) groups is 1. The first-order valence-corrected chi connectivity index (χ1v) is 6.48. The number of nitrogen functional groups attached to an aromatic ring is 1. The van der Waals surface area contributed by atoms with E-state index in [-0.39, 0.29) is 17.3 Å². The summed E-state index contributed by atoms with van der Waals surface area (Å²) in [5, 5.41) is 10.3. The summed E-state index contributed by atoms with van der Waals surface area (Å²) in [4.78, 5) is 12.2. The van der Waals surface area contributed by atoms with Gasteiger partial charge in [-0.3, -0.25) is 4.79 Å². The van der Waals surface area contributed by atoms with E-state index >= 15 is 0 Å². The third-order valence-corrected chi connectivity index (χ3v) is 3.02. The Hall–Kier alpha value is -3.22. The zero-order chi connectivity index (χ0) is 15.5. The first-order chi connectivity index (χ1) is 10.6. The number of para-hydroxylation sites is 1. The molecule has 3 aromatic rings. The van der Waals surface area contributed by atoms with E-state index in [4.69, 9.17) is 5.73 Å². The molecule has 0 fully saturated rings. The molecule has 0 spiro atoms. The van der Waals surface area contributed by atoms with Crippen LogP contribution in [0.3, 0.4) is 0 Å². The number of anilines is 2. The lowest BCUT2D eigenvalue weighted by atomic mass is 10.3. The highest BCUT2D eigenvalue weighted by Gasteiger charge is 2.18. The number of halogens is 1. The van der Waals surface area contributed by atoms with Crippen LogP contribution in [0.25, 0.3) is 5.69 Å². The zero-order valence-corrected chi connectivity index (χ0v) is 11.4. The third-order valence-electron chi connectivity index (χ3n) is 3.02. The lowest BCUT2D eigenvalue weighted by Crippen LogP contribution is -2.14. The molecule has 2 aromatic carbocycles. The maximum Gasteiger partial charge on any atom is 0.280 e. The predicted octanol–water partition coefficient (Wildman–Crippen LogP) is 2.24. The molecule has 3 rings (SSSR count). The van der Waals surface area contributed by atoms with Crippen LogP contribution < -0.4 is 11.1 Å². The van der Waals surface area contributed by atoms with Gasteiger partial charge >= 0.3 is 0 Å². The summed E-state index contributed by atoms with van der Waals surface area (Å²) in [6.07, 6.45) is 0. The van der Waals surface area contributed by atoms with Crippen molar-refractivity contribution in [2.75, 3.05) is 11.1 Å². The summed E-state index contributed by atoms with van der Waals surface area (Å²) in [6, 6.07) is 14.5. The van der Waals surface area contributed by atoms with Crippen LogP contribution in [-0.4, -0.2) is 20.9 Å². The van der Waals surface area contributed by atoms with E-state index in [2.05, 4.69) is 15.6 Å². The van der Waals surface area contributed by atoms with E-state index in [9.17, 15) is 9.18 Å². The number of hydrogen-bond donors (Lipinski definition) is 2. The lowest BCUT2D eigenvalue weighted by Gasteiger charge is -2.04. The Morgan fingerprint density at radius 3 is 2.45 bits per heavy atom. The number of aromatic nitrogens is 3. The van der Waals surface area contributed by atoms with Crippen LogP contribution in [-0.2, 0) is 0 Å². The summed E-state index contributed by atoms with van der Waals surface area (Å²) < 4.78 is 14.2. The monoisotopic (exact) mass is 297 g/mol. The summed E-state index contributed by atoms with van der Waals surface area (Å²) >= 11 is 0. The minimum absolute atomic E-state index is 0.00757. The molecule has 110 valence electrons. The number of rotatable bonds is 3. The Balaban J connectivity index is 1.87. The molecule has 1 heterocycles. The van der Waals surface area contributed by atoms with E-state index in [1.807, 2.05) is 6.07 Å². The molecule has 6 nitrogen and oxygen atoms in total. The molecule has 0 saturated heterocycles. The number of nitrogens with one attached hydrogen (secondary N) is 1. The summed E-state index contributed by atoms with van der Waals surface area (Å²) in [5.41, 5.74) is 7.07. The van der Waals surface area contributed by atoms with Crippen molar-refractivity contribution in [3.63, 3.8) is 0 Å². The van der Waals surface area contributed by atoms with Crippen LogP contribution in [0.15, 0.2) is 54.6 Å². The zero-order valence-electron chi connectivity index (χ0n) is 11.4. The van der Waals surface area contributed by atoms with E-state index in [0.717, 1.165) is 0 Å².